The molecule has 0 bridgehead atoms. The van der Waals surface area contributed by atoms with Crippen LogP contribution in [0.15, 0.2) is 47.6 Å². The van der Waals surface area contributed by atoms with Crippen molar-refractivity contribution in [3.8, 4) is 0 Å². The molecule has 28 heavy (non-hydrogen) atoms. The van der Waals surface area contributed by atoms with Crippen LogP contribution in [0.1, 0.15) is 23.6 Å². The van der Waals surface area contributed by atoms with Crippen molar-refractivity contribution in [2.45, 2.75) is 25.0 Å². The lowest BCUT2D eigenvalue weighted by Crippen LogP contribution is -2.52. The molecule has 3 rings (SSSR count). The highest BCUT2D eigenvalue weighted by Crippen LogP contribution is 2.41. The molecule has 2 atom stereocenters. The molecule has 1 amide bonds. The first-order valence-corrected chi connectivity index (χ1v) is 11.5. The molecule has 0 aromatic heterocycles. The van der Waals surface area contributed by atoms with Crippen LogP contribution in [0.5, 0.6) is 0 Å². The number of nitrogens with one attached hydrogen (secondary N) is 3. The number of nitrogens with zero attached hydrogens (tertiary/aromatic N) is 1. The Morgan fingerprint density at radius 2 is 1.96 bits per heavy atom. The van der Waals surface area contributed by atoms with Crippen molar-refractivity contribution in [1.82, 2.24) is 9.44 Å². The molecule has 1 heterocycles. The second-order valence-corrected chi connectivity index (χ2v) is 10.6. The normalized spacial score (nSPS) is 22.3. The molecular formula is C19H22ClFN4O2S. The number of anilines is 1. The molecule has 150 valence electrons. The van der Waals surface area contributed by atoms with E-state index in [-0.39, 0.29) is 23.5 Å². The summed E-state index contributed by atoms with van der Waals surface area (Å²) in [6.07, 6.45) is 4.63. The van der Waals surface area contributed by atoms with E-state index in [1.165, 1.54) is 18.2 Å². The number of benzene rings is 2. The van der Waals surface area contributed by atoms with Crippen molar-refractivity contribution in [3.05, 3.63) is 69.3 Å². The number of carbonyl (C=O) groups excluding carboxylic acids is 1. The van der Waals surface area contributed by atoms with Crippen LogP contribution in [0, 0.1) is 10.7 Å². The molecule has 0 spiro atoms. The lowest BCUT2D eigenvalue weighted by atomic mass is 9.99. The molecule has 2 aromatic rings. The average molecular weight is 425 g/mol. The largest absolute Gasteiger partial charge is 0.325 e. The number of amides is 1. The SMILES string of the molecule is CS1(C)NC(C(=O)Nc2ccc(F)c(Cl)c2)CC(c2ccc(CN=O)cc2)N1. The summed E-state index contributed by atoms with van der Waals surface area (Å²) >= 11 is 5.79. The fourth-order valence-electron chi connectivity index (χ4n) is 3.18. The summed E-state index contributed by atoms with van der Waals surface area (Å²) in [5.41, 5.74) is 2.34. The topological polar surface area (TPSA) is 82.6 Å². The van der Waals surface area contributed by atoms with E-state index in [9.17, 15) is 14.1 Å². The molecular weight excluding hydrogens is 403 g/mol. The van der Waals surface area contributed by atoms with Gasteiger partial charge in [-0.2, -0.15) is 4.91 Å². The lowest BCUT2D eigenvalue weighted by molar-refractivity contribution is -0.118. The Hall–Kier alpha value is -2.00. The van der Waals surface area contributed by atoms with Crippen LogP contribution >= 0.6 is 22.0 Å². The summed E-state index contributed by atoms with van der Waals surface area (Å²) in [6, 6.07) is 11.3. The zero-order valence-electron chi connectivity index (χ0n) is 15.5. The van der Waals surface area contributed by atoms with Gasteiger partial charge in [-0.05, 0) is 48.3 Å². The number of halogens is 2. The van der Waals surface area contributed by atoms with Crippen LogP contribution in [-0.4, -0.2) is 24.5 Å². The van der Waals surface area contributed by atoms with E-state index in [0.717, 1.165) is 11.1 Å². The monoisotopic (exact) mass is 424 g/mol. The van der Waals surface area contributed by atoms with Gasteiger partial charge in [-0.1, -0.05) is 41.0 Å². The summed E-state index contributed by atoms with van der Waals surface area (Å²) in [5, 5.41) is 5.66. The molecule has 2 unspecified atom stereocenters. The predicted octanol–water partition coefficient (Wildman–Crippen LogP) is 4.27. The fourth-order valence-corrected chi connectivity index (χ4v) is 5.28. The van der Waals surface area contributed by atoms with Crippen molar-refractivity contribution in [1.29, 1.82) is 0 Å². The summed E-state index contributed by atoms with van der Waals surface area (Å²) in [6.45, 7) is 0.141. The van der Waals surface area contributed by atoms with Gasteiger partial charge < -0.3 is 5.32 Å². The third-order valence-corrected chi connectivity index (χ3v) is 6.52. The van der Waals surface area contributed by atoms with Gasteiger partial charge in [0, 0.05) is 11.7 Å². The summed E-state index contributed by atoms with van der Waals surface area (Å²) in [4.78, 5) is 23.2. The first-order chi connectivity index (χ1) is 13.3. The van der Waals surface area contributed by atoms with Gasteiger partial charge in [0.1, 0.15) is 12.4 Å². The molecule has 3 N–H and O–H groups in total. The Kier molecular flexibility index (Phi) is 6.34. The number of rotatable bonds is 5. The summed E-state index contributed by atoms with van der Waals surface area (Å²) in [5.74, 6) is -0.727. The maximum atomic E-state index is 13.3. The van der Waals surface area contributed by atoms with Gasteiger partial charge in [0.15, 0.2) is 0 Å². The molecule has 6 nitrogen and oxygen atoms in total. The first-order valence-electron chi connectivity index (χ1n) is 8.69. The number of nitroso groups, excluding NO2 is 1. The van der Waals surface area contributed by atoms with E-state index in [4.69, 9.17) is 11.6 Å². The Labute approximate surface area is 169 Å². The van der Waals surface area contributed by atoms with Crippen molar-refractivity contribution >= 4 is 33.6 Å². The van der Waals surface area contributed by atoms with Crippen molar-refractivity contribution in [2.75, 3.05) is 17.8 Å². The number of carbonyl (C=O) groups is 1. The molecule has 0 aliphatic carbocycles. The summed E-state index contributed by atoms with van der Waals surface area (Å²) < 4.78 is 20.3. The van der Waals surface area contributed by atoms with Crippen LogP contribution in [-0.2, 0) is 11.3 Å². The smallest absolute Gasteiger partial charge is 0.242 e. The molecule has 1 aliphatic heterocycles. The fraction of sp³-hybridized carbons (Fsp3) is 0.316. The third kappa shape index (κ3) is 5.08. The maximum Gasteiger partial charge on any atom is 0.242 e. The highest BCUT2D eigenvalue weighted by atomic mass is 35.5. The molecule has 0 saturated carbocycles. The van der Waals surface area contributed by atoms with E-state index in [1.807, 2.05) is 36.8 Å². The van der Waals surface area contributed by atoms with Gasteiger partial charge in [-0.3, -0.25) is 14.2 Å². The maximum absolute atomic E-state index is 13.3. The van der Waals surface area contributed by atoms with Gasteiger partial charge in [0.2, 0.25) is 5.91 Å². The van der Waals surface area contributed by atoms with Crippen molar-refractivity contribution in [2.24, 2.45) is 5.18 Å². The van der Waals surface area contributed by atoms with E-state index < -0.39 is 22.3 Å². The second-order valence-electron chi connectivity index (χ2n) is 7.05. The van der Waals surface area contributed by atoms with Crippen LogP contribution in [0.25, 0.3) is 0 Å². The van der Waals surface area contributed by atoms with Gasteiger partial charge in [0.25, 0.3) is 0 Å². The standard InChI is InChI=1S/C19H22ClFN4O2S/c1-28(2)24-17(13-5-3-12(4-6-13)11-22-27)10-18(25-28)19(26)23-14-7-8-16(21)15(20)9-14/h3-9,17-18,24-25H,10-11H2,1-2H3,(H,23,26). The third-order valence-electron chi connectivity index (χ3n) is 4.48. The lowest BCUT2D eigenvalue weighted by Gasteiger charge is -2.46. The quantitative estimate of drug-likeness (QED) is 0.626. The summed E-state index contributed by atoms with van der Waals surface area (Å²) in [7, 11) is -1.42. The van der Waals surface area contributed by atoms with Crippen LogP contribution in [0.4, 0.5) is 10.1 Å². The van der Waals surface area contributed by atoms with Crippen LogP contribution in [0.3, 0.4) is 0 Å². The van der Waals surface area contributed by atoms with Gasteiger partial charge in [-0.25, -0.2) is 4.39 Å². The first kappa shape index (κ1) is 20.7. The van der Waals surface area contributed by atoms with Crippen molar-refractivity contribution < 1.29 is 9.18 Å². The van der Waals surface area contributed by atoms with Gasteiger partial charge in [0.05, 0.1) is 11.1 Å². The molecule has 0 radical (unpaired) electrons. The van der Waals surface area contributed by atoms with Crippen molar-refractivity contribution in [3.63, 3.8) is 0 Å². The minimum Gasteiger partial charge on any atom is -0.325 e. The molecule has 1 aliphatic rings. The Morgan fingerprint density at radius 1 is 1.25 bits per heavy atom. The van der Waals surface area contributed by atoms with E-state index in [1.54, 1.807) is 0 Å². The van der Waals surface area contributed by atoms with Gasteiger partial charge in [-0.15, -0.1) is 10.4 Å². The second kappa shape index (κ2) is 8.57. The molecule has 1 saturated heterocycles. The minimum absolute atomic E-state index is 0.0166. The van der Waals surface area contributed by atoms with Crippen LogP contribution < -0.4 is 14.8 Å². The van der Waals surface area contributed by atoms with Crippen LogP contribution in [0.2, 0.25) is 5.02 Å². The van der Waals surface area contributed by atoms with E-state index in [2.05, 4.69) is 19.9 Å². The Morgan fingerprint density at radius 3 is 2.61 bits per heavy atom. The zero-order chi connectivity index (χ0) is 20.3. The molecule has 2 aromatic carbocycles. The number of hydrogen-bond donors (Lipinski definition) is 3. The molecule has 1 fully saturated rings. The predicted molar refractivity (Wildman–Crippen MR) is 113 cm³/mol. The zero-order valence-corrected chi connectivity index (χ0v) is 17.1. The minimum atomic E-state index is -1.42. The molecule has 9 heteroatoms. The van der Waals surface area contributed by atoms with E-state index in [0.29, 0.717) is 12.1 Å². The average Bonchev–Trinajstić information content (AvgIpc) is 2.64. The highest BCUT2D eigenvalue weighted by molar-refractivity contribution is 8.29. The highest BCUT2D eigenvalue weighted by Gasteiger charge is 2.34. The number of hydrogen-bond acceptors (Lipinski definition) is 5. The Balaban J connectivity index is 1.74. The Bertz CT molecular complexity index is 879. The van der Waals surface area contributed by atoms with Gasteiger partial charge >= 0.3 is 0 Å². The van der Waals surface area contributed by atoms with E-state index >= 15 is 0 Å².